The highest BCUT2D eigenvalue weighted by Crippen LogP contribution is 2.31. The van der Waals surface area contributed by atoms with Crippen LogP contribution in [0.25, 0.3) is 11.3 Å². The number of rotatable bonds is 5. The number of halogens is 4. The van der Waals surface area contributed by atoms with E-state index in [2.05, 4.69) is 10.6 Å². The van der Waals surface area contributed by atoms with Crippen molar-refractivity contribution in [3.05, 3.63) is 46.1 Å². The maximum Gasteiger partial charge on any atom is 0.135 e. The first-order valence-corrected chi connectivity index (χ1v) is 8.43. The molecule has 0 spiro atoms. The maximum atomic E-state index is 6.21. The van der Waals surface area contributed by atoms with E-state index in [1.807, 2.05) is 24.3 Å². The van der Waals surface area contributed by atoms with E-state index in [9.17, 15) is 0 Å². The highest BCUT2D eigenvalue weighted by Gasteiger charge is 2.13. The molecule has 0 aliphatic carbocycles. The van der Waals surface area contributed by atoms with E-state index in [-0.39, 0.29) is 24.8 Å². The van der Waals surface area contributed by atoms with Crippen LogP contribution in [0.3, 0.4) is 0 Å². The SMILES string of the molecule is Clc1ccc(-c2ccc(CNCC3CCNCC3)o2)c(Cl)c1.[Cl-].[Cl-]. The molecule has 0 amide bonds. The summed E-state index contributed by atoms with van der Waals surface area (Å²) in [6.07, 6.45) is 2.49. The molecule has 1 aromatic heterocycles. The normalized spacial score (nSPS) is 14.8. The van der Waals surface area contributed by atoms with Crippen LogP contribution in [0.4, 0.5) is 0 Å². The number of furan rings is 1. The van der Waals surface area contributed by atoms with Crippen molar-refractivity contribution in [2.45, 2.75) is 19.4 Å². The van der Waals surface area contributed by atoms with E-state index in [1.165, 1.54) is 12.8 Å². The molecule has 2 N–H and O–H groups in total. The number of hydrogen-bond acceptors (Lipinski definition) is 3. The largest absolute Gasteiger partial charge is 1.00 e. The van der Waals surface area contributed by atoms with Gasteiger partial charge in [-0.1, -0.05) is 23.2 Å². The summed E-state index contributed by atoms with van der Waals surface area (Å²) in [5, 5.41) is 8.11. The Hall–Kier alpha value is -0.420. The van der Waals surface area contributed by atoms with Crippen molar-refractivity contribution in [1.82, 2.24) is 10.6 Å². The highest BCUT2D eigenvalue weighted by atomic mass is 35.5. The minimum Gasteiger partial charge on any atom is -1.00 e. The molecular formula is C17H20Cl4N2O-2. The van der Waals surface area contributed by atoms with Crippen molar-refractivity contribution in [1.29, 1.82) is 0 Å². The fourth-order valence-corrected chi connectivity index (χ4v) is 3.29. The molecule has 24 heavy (non-hydrogen) atoms. The summed E-state index contributed by atoms with van der Waals surface area (Å²) >= 11 is 12.1. The summed E-state index contributed by atoms with van der Waals surface area (Å²) in [4.78, 5) is 0. The smallest absolute Gasteiger partial charge is 0.135 e. The van der Waals surface area contributed by atoms with Crippen molar-refractivity contribution in [3.63, 3.8) is 0 Å². The van der Waals surface area contributed by atoms with Gasteiger partial charge in [0.15, 0.2) is 0 Å². The fourth-order valence-electron chi connectivity index (χ4n) is 2.79. The van der Waals surface area contributed by atoms with Crippen LogP contribution in [-0.4, -0.2) is 19.6 Å². The molecule has 3 nitrogen and oxygen atoms in total. The van der Waals surface area contributed by atoms with Crippen molar-refractivity contribution in [2.75, 3.05) is 19.6 Å². The Morgan fingerprint density at radius 1 is 1.08 bits per heavy atom. The summed E-state index contributed by atoms with van der Waals surface area (Å²) in [6.45, 7) is 4.05. The average molecular weight is 410 g/mol. The van der Waals surface area contributed by atoms with Crippen LogP contribution in [0.5, 0.6) is 0 Å². The molecular weight excluding hydrogens is 390 g/mol. The lowest BCUT2D eigenvalue weighted by Crippen LogP contribution is -3.00. The molecule has 134 valence electrons. The minimum absolute atomic E-state index is 0. The van der Waals surface area contributed by atoms with E-state index in [0.29, 0.717) is 10.0 Å². The lowest BCUT2D eigenvalue weighted by molar-refractivity contribution is -0.00100. The zero-order valence-corrected chi connectivity index (χ0v) is 16.2. The van der Waals surface area contributed by atoms with Crippen LogP contribution in [0.2, 0.25) is 10.0 Å². The average Bonchev–Trinajstić information content (AvgIpc) is 2.97. The Bertz CT molecular complexity index is 627. The highest BCUT2D eigenvalue weighted by molar-refractivity contribution is 6.36. The molecule has 2 heterocycles. The van der Waals surface area contributed by atoms with Gasteiger partial charge < -0.3 is 39.9 Å². The van der Waals surface area contributed by atoms with Gasteiger partial charge in [-0.25, -0.2) is 0 Å². The van der Waals surface area contributed by atoms with Gasteiger partial charge in [0.2, 0.25) is 0 Å². The number of piperidine rings is 1. The van der Waals surface area contributed by atoms with Crippen LogP contribution < -0.4 is 35.4 Å². The van der Waals surface area contributed by atoms with E-state index < -0.39 is 0 Å². The van der Waals surface area contributed by atoms with E-state index >= 15 is 0 Å². The second-order valence-corrected chi connectivity index (χ2v) is 6.56. The molecule has 2 aromatic rings. The first kappa shape index (κ1) is 21.6. The molecule has 0 radical (unpaired) electrons. The third-order valence-electron chi connectivity index (χ3n) is 4.05. The van der Waals surface area contributed by atoms with Gasteiger partial charge in [0, 0.05) is 10.6 Å². The molecule has 0 atom stereocenters. The van der Waals surface area contributed by atoms with Gasteiger partial charge in [-0.05, 0) is 68.7 Å². The van der Waals surface area contributed by atoms with Crippen LogP contribution in [0.15, 0.2) is 34.7 Å². The number of hydrogen-bond donors (Lipinski definition) is 2. The van der Waals surface area contributed by atoms with Gasteiger partial charge in [-0.2, -0.15) is 0 Å². The van der Waals surface area contributed by atoms with Crippen LogP contribution >= 0.6 is 23.2 Å². The fraction of sp³-hybridized carbons (Fsp3) is 0.412. The third-order valence-corrected chi connectivity index (χ3v) is 4.60. The van der Waals surface area contributed by atoms with Crippen molar-refractivity contribution in [2.24, 2.45) is 5.92 Å². The summed E-state index contributed by atoms with van der Waals surface area (Å²) in [5.41, 5.74) is 0.871. The molecule has 0 saturated carbocycles. The first-order valence-electron chi connectivity index (χ1n) is 7.68. The quantitative estimate of drug-likeness (QED) is 0.621. The van der Waals surface area contributed by atoms with Crippen molar-refractivity contribution >= 4 is 23.2 Å². The second-order valence-electron chi connectivity index (χ2n) is 5.71. The Kier molecular flexibility index (Phi) is 9.50. The first-order chi connectivity index (χ1) is 10.7. The maximum absolute atomic E-state index is 6.21. The Morgan fingerprint density at radius 3 is 2.54 bits per heavy atom. The number of benzene rings is 1. The molecule has 0 unspecified atom stereocenters. The van der Waals surface area contributed by atoms with Crippen LogP contribution in [0.1, 0.15) is 18.6 Å². The Balaban J connectivity index is 0.00000144. The zero-order chi connectivity index (χ0) is 15.4. The van der Waals surface area contributed by atoms with Gasteiger partial charge >= 0.3 is 0 Å². The van der Waals surface area contributed by atoms with Gasteiger partial charge in [0.1, 0.15) is 11.5 Å². The summed E-state index contributed by atoms with van der Waals surface area (Å²) < 4.78 is 5.88. The third kappa shape index (κ3) is 5.83. The second kappa shape index (κ2) is 10.5. The molecule has 1 saturated heterocycles. The molecule has 1 fully saturated rings. The molecule has 7 heteroatoms. The van der Waals surface area contributed by atoms with Crippen LogP contribution in [-0.2, 0) is 6.54 Å². The molecule has 1 aliphatic rings. The van der Waals surface area contributed by atoms with Crippen LogP contribution in [0, 0.1) is 5.92 Å². The topological polar surface area (TPSA) is 37.2 Å². The van der Waals surface area contributed by atoms with Crippen molar-refractivity contribution in [3.8, 4) is 11.3 Å². The van der Waals surface area contributed by atoms with Gasteiger partial charge in [-0.15, -0.1) is 0 Å². The Labute approximate surface area is 165 Å². The van der Waals surface area contributed by atoms with Gasteiger partial charge in [-0.3, -0.25) is 0 Å². The summed E-state index contributed by atoms with van der Waals surface area (Å²) in [6, 6.07) is 9.39. The molecule has 1 aromatic carbocycles. The lowest BCUT2D eigenvalue weighted by Gasteiger charge is -2.22. The van der Waals surface area contributed by atoms with Crippen molar-refractivity contribution < 1.29 is 29.2 Å². The summed E-state index contributed by atoms with van der Waals surface area (Å²) in [7, 11) is 0. The molecule has 1 aliphatic heterocycles. The Morgan fingerprint density at radius 2 is 1.83 bits per heavy atom. The zero-order valence-electron chi connectivity index (χ0n) is 13.1. The predicted molar refractivity (Wildman–Crippen MR) is 91.5 cm³/mol. The van der Waals surface area contributed by atoms with Gasteiger partial charge in [0.25, 0.3) is 0 Å². The van der Waals surface area contributed by atoms with E-state index in [0.717, 1.165) is 49.2 Å². The number of nitrogens with one attached hydrogen (secondary N) is 2. The monoisotopic (exact) mass is 408 g/mol. The predicted octanol–water partition coefficient (Wildman–Crippen LogP) is -1.65. The standard InChI is InChI=1S/C17H20Cl2N2O.2ClH/c18-13-1-3-15(16(19)9-13)17-4-2-14(22-17)11-21-10-12-5-7-20-8-6-12;;/h1-4,9,12,20-21H,5-8,10-11H2;2*1H/p-2. The van der Waals surface area contributed by atoms with Gasteiger partial charge in [0.05, 0.1) is 11.6 Å². The molecule has 3 rings (SSSR count). The van der Waals surface area contributed by atoms with E-state index in [1.54, 1.807) is 6.07 Å². The summed E-state index contributed by atoms with van der Waals surface area (Å²) in [5.74, 6) is 2.47. The molecule has 0 bridgehead atoms. The lowest BCUT2D eigenvalue weighted by atomic mass is 9.98. The minimum atomic E-state index is 0. The van der Waals surface area contributed by atoms with E-state index in [4.69, 9.17) is 27.6 Å².